The lowest BCUT2D eigenvalue weighted by atomic mass is 10.3. The molecular formula is C5H11ClN2. The summed E-state index contributed by atoms with van der Waals surface area (Å²) in [6, 6.07) is 1.62. The predicted octanol–water partition coefficient (Wildman–Crippen LogP) is -0.258. The second-order valence-electron chi connectivity index (χ2n) is 2.45. The van der Waals surface area contributed by atoms with Crippen LogP contribution in [-0.2, 0) is 0 Å². The number of piperazine rings is 1. The highest BCUT2D eigenvalue weighted by Crippen LogP contribution is 2.11. The highest BCUT2D eigenvalue weighted by atomic mass is 35.5. The summed E-state index contributed by atoms with van der Waals surface area (Å²) < 4.78 is 0. The van der Waals surface area contributed by atoms with Crippen molar-refractivity contribution in [2.45, 2.75) is 18.5 Å². The maximum Gasteiger partial charge on any atom is 0.0208 e. The van der Waals surface area contributed by atoms with E-state index in [0.717, 1.165) is 12.1 Å². The van der Waals surface area contributed by atoms with Crippen molar-refractivity contribution in [1.82, 2.24) is 10.6 Å². The van der Waals surface area contributed by atoms with Gasteiger partial charge in [-0.3, -0.25) is 0 Å². The number of fused-ring (bicyclic) bond motifs is 2. The molecule has 8 heavy (non-hydrogen) atoms. The largest absolute Gasteiger partial charge is 0.311 e. The van der Waals surface area contributed by atoms with Crippen molar-refractivity contribution < 1.29 is 0 Å². The highest BCUT2D eigenvalue weighted by molar-refractivity contribution is 5.85. The van der Waals surface area contributed by atoms with Crippen LogP contribution < -0.4 is 10.6 Å². The zero-order chi connectivity index (χ0) is 4.69. The summed E-state index contributed by atoms with van der Waals surface area (Å²) in [5, 5.41) is 6.79. The normalized spacial score (nSPS) is 42.0. The van der Waals surface area contributed by atoms with Crippen LogP contribution in [0.3, 0.4) is 0 Å². The minimum absolute atomic E-state index is 0. The first-order valence-corrected chi connectivity index (χ1v) is 2.92. The molecule has 2 aliphatic heterocycles. The fourth-order valence-electron chi connectivity index (χ4n) is 1.44. The van der Waals surface area contributed by atoms with Gasteiger partial charge in [-0.25, -0.2) is 0 Å². The zero-order valence-corrected chi connectivity index (χ0v) is 5.50. The molecule has 0 aromatic heterocycles. The summed E-state index contributed by atoms with van der Waals surface area (Å²) in [5.41, 5.74) is 0. The van der Waals surface area contributed by atoms with Crippen molar-refractivity contribution >= 4 is 12.4 Å². The summed E-state index contributed by atoms with van der Waals surface area (Å²) in [7, 11) is 0. The number of hydrogen-bond acceptors (Lipinski definition) is 2. The average molecular weight is 135 g/mol. The molecule has 2 aliphatic rings. The summed E-state index contributed by atoms with van der Waals surface area (Å²) in [5.74, 6) is 0. The van der Waals surface area contributed by atoms with Crippen molar-refractivity contribution in [3.05, 3.63) is 0 Å². The molecule has 0 aliphatic carbocycles. The molecule has 0 unspecified atom stereocenters. The first-order chi connectivity index (χ1) is 3.45. The van der Waals surface area contributed by atoms with Gasteiger partial charge in [0.05, 0.1) is 0 Å². The maximum atomic E-state index is 3.39. The van der Waals surface area contributed by atoms with Crippen molar-refractivity contribution in [3.8, 4) is 0 Å². The number of hydrogen-bond donors (Lipinski definition) is 2. The Bertz CT molecular complexity index is 68.5. The lowest BCUT2D eigenvalue weighted by molar-refractivity contribution is 0.528. The Kier molecular flexibility index (Phi) is 1.75. The van der Waals surface area contributed by atoms with Crippen LogP contribution in [-0.4, -0.2) is 25.2 Å². The van der Waals surface area contributed by atoms with Gasteiger partial charge >= 0.3 is 0 Å². The van der Waals surface area contributed by atoms with Crippen LogP contribution in [0.1, 0.15) is 6.42 Å². The van der Waals surface area contributed by atoms with E-state index in [1.165, 1.54) is 19.5 Å². The van der Waals surface area contributed by atoms with E-state index in [9.17, 15) is 0 Å². The zero-order valence-electron chi connectivity index (χ0n) is 4.68. The van der Waals surface area contributed by atoms with E-state index in [1.54, 1.807) is 0 Å². The minimum Gasteiger partial charge on any atom is -0.311 e. The molecule has 2 atom stereocenters. The molecule has 0 amide bonds. The predicted molar refractivity (Wildman–Crippen MR) is 35.4 cm³/mol. The lowest BCUT2D eigenvalue weighted by Crippen LogP contribution is -2.39. The van der Waals surface area contributed by atoms with Gasteiger partial charge in [-0.15, -0.1) is 12.4 Å². The summed E-state index contributed by atoms with van der Waals surface area (Å²) in [4.78, 5) is 0. The Morgan fingerprint density at radius 3 is 1.62 bits per heavy atom. The Morgan fingerprint density at radius 1 is 1.00 bits per heavy atom. The van der Waals surface area contributed by atoms with Crippen LogP contribution in [0.2, 0.25) is 0 Å². The molecule has 2 N–H and O–H groups in total. The molecule has 2 bridgehead atoms. The number of nitrogens with one attached hydrogen (secondary N) is 2. The van der Waals surface area contributed by atoms with Crippen LogP contribution in [0.25, 0.3) is 0 Å². The number of rotatable bonds is 0. The Hall–Kier alpha value is 0.210. The summed E-state index contributed by atoms with van der Waals surface area (Å²) >= 11 is 0. The van der Waals surface area contributed by atoms with Crippen LogP contribution in [0, 0.1) is 0 Å². The molecule has 0 aromatic carbocycles. The van der Waals surface area contributed by atoms with E-state index in [-0.39, 0.29) is 12.4 Å². The quantitative estimate of drug-likeness (QED) is 0.477. The van der Waals surface area contributed by atoms with Gasteiger partial charge in [0.25, 0.3) is 0 Å². The second kappa shape index (κ2) is 2.21. The van der Waals surface area contributed by atoms with Gasteiger partial charge in [0.15, 0.2) is 0 Å². The fraction of sp³-hybridized carbons (Fsp3) is 1.00. The monoisotopic (exact) mass is 134 g/mol. The van der Waals surface area contributed by atoms with Crippen molar-refractivity contribution in [1.29, 1.82) is 0 Å². The Balaban J connectivity index is 0.000000320. The SMILES string of the molecule is C1N[C@H]2CN[C@@H]1C2.Cl. The molecule has 48 valence electrons. The van der Waals surface area contributed by atoms with Gasteiger partial charge in [0, 0.05) is 25.2 Å². The molecule has 2 rings (SSSR count). The van der Waals surface area contributed by atoms with Gasteiger partial charge in [0.2, 0.25) is 0 Å². The fourth-order valence-corrected chi connectivity index (χ4v) is 1.44. The molecule has 2 heterocycles. The third kappa shape index (κ3) is 0.835. The molecule has 2 fully saturated rings. The van der Waals surface area contributed by atoms with Crippen LogP contribution >= 0.6 is 12.4 Å². The first-order valence-electron chi connectivity index (χ1n) is 2.92. The Labute approximate surface area is 55.4 Å². The maximum absolute atomic E-state index is 3.39. The standard InChI is InChI=1S/C5H10N2.ClH/c1-4-2-6-5(1)3-7-4;/h4-7H,1-3H2;1H/t4-,5-;/m1./s1. The minimum atomic E-state index is 0. The number of halogens is 1. The highest BCUT2D eigenvalue weighted by Gasteiger charge is 2.29. The van der Waals surface area contributed by atoms with Gasteiger partial charge in [-0.05, 0) is 6.42 Å². The molecule has 3 heteroatoms. The van der Waals surface area contributed by atoms with E-state index < -0.39 is 0 Å². The topological polar surface area (TPSA) is 24.1 Å². The third-order valence-electron chi connectivity index (χ3n) is 1.87. The van der Waals surface area contributed by atoms with Crippen molar-refractivity contribution in [2.24, 2.45) is 0 Å². The van der Waals surface area contributed by atoms with Crippen LogP contribution in [0.4, 0.5) is 0 Å². The molecule has 2 nitrogen and oxygen atoms in total. The van der Waals surface area contributed by atoms with Gasteiger partial charge in [-0.1, -0.05) is 0 Å². The molecule has 0 radical (unpaired) electrons. The second-order valence-corrected chi connectivity index (χ2v) is 2.45. The van der Waals surface area contributed by atoms with E-state index in [4.69, 9.17) is 0 Å². The molecule has 0 aromatic rings. The van der Waals surface area contributed by atoms with Gasteiger partial charge in [0.1, 0.15) is 0 Å². The van der Waals surface area contributed by atoms with Crippen LogP contribution in [0.5, 0.6) is 0 Å². The van der Waals surface area contributed by atoms with E-state index in [0.29, 0.717) is 0 Å². The van der Waals surface area contributed by atoms with Gasteiger partial charge in [-0.2, -0.15) is 0 Å². The third-order valence-corrected chi connectivity index (χ3v) is 1.87. The first kappa shape index (κ1) is 6.33. The van der Waals surface area contributed by atoms with Crippen molar-refractivity contribution in [2.75, 3.05) is 13.1 Å². The summed E-state index contributed by atoms with van der Waals surface area (Å²) in [6.07, 6.45) is 1.36. The smallest absolute Gasteiger partial charge is 0.0208 e. The van der Waals surface area contributed by atoms with Crippen LogP contribution in [0.15, 0.2) is 0 Å². The molecule has 2 saturated heterocycles. The van der Waals surface area contributed by atoms with Crippen molar-refractivity contribution in [3.63, 3.8) is 0 Å². The average Bonchev–Trinajstić information content (AvgIpc) is 2.22. The molecular weight excluding hydrogens is 124 g/mol. The van der Waals surface area contributed by atoms with Gasteiger partial charge < -0.3 is 10.6 Å². The summed E-state index contributed by atoms with van der Waals surface area (Å²) in [6.45, 7) is 2.40. The van der Waals surface area contributed by atoms with E-state index in [1.807, 2.05) is 0 Å². The molecule has 0 saturated carbocycles. The lowest BCUT2D eigenvalue weighted by Gasteiger charge is -2.10. The Morgan fingerprint density at radius 2 is 1.50 bits per heavy atom. The van der Waals surface area contributed by atoms with E-state index >= 15 is 0 Å². The molecule has 0 spiro atoms. The van der Waals surface area contributed by atoms with E-state index in [2.05, 4.69) is 10.6 Å².